The van der Waals surface area contributed by atoms with Crippen LogP contribution in [0.5, 0.6) is 0 Å². The molecular formula is C21H21F4N5O5S. The van der Waals surface area contributed by atoms with E-state index in [1.54, 1.807) is 0 Å². The van der Waals surface area contributed by atoms with Crippen LogP contribution in [0, 0.1) is 5.92 Å². The first-order chi connectivity index (χ1) is 16.9. The minimum atomic E-state index is -4.52. The van der Waals surface area contributed by atoms with Crippen molar-refractivity contribution in [1.82, 2.24) is 14.5 Å². The molecule has 0 aromatic carbocycles. The molecule has 0 spiro atoms. The Hall–Kier alpha value is -3.30. The Bertz CT molecular complexity index is 1340. The molecule has 3 atom stereocenters. The number of nitrogens with one attached hydrogen (secondary N) is 1. The highest BCUT2D eigenvalue weighted by Crippen LogP contribution is 2.32. The number of carbonyl (C=O) groups is 1. The Morgan fingerprint density at radius 1 is 1.33 bits per heavy atom. The van der Waals surface area contributed by atoms with Crippen molar-refractivity contribution in [2.24, 2.45) is 11.1 Å². The molecule has 1 saturated carbocycles. The Kier molecular flexibility index (Phi) is 7.15. The fraction of sp³-hybridized carbons (Fsp3) is 0.381. The molecule has 0 amide bonds. The molecule has 0 saturated heterocycles. The van der Waals surface area contributed by atoms with E-state index in [0.717, 1.165) is 6.07 Å². The summed E-state index contributed by atoms with van der Waals surface area (Å²) in [6.07, 6.45) is 0.381. The quantitative estimate of drug-likeness (QED) is 0.317. The van der Waals surface area contributed by atoms with Gasteiger partial charge in [-0.25, -0.2) is 19.5 Å². The average Bonchev–Trinajstić information content (AvgIpc) is 3.53. The number of alkyl halides is 4. The number of anilines is 1. The molecule has 0 bridgehead atoms. The lowest BCUT2D eigenvalue weighted by Crippen LogP contribution is -2.27. The van der Waals surface area contributed by atoms with Crippen molar-refractivity contribution in [1.29, 1.82) is 0 Å². The number of furan rings is 1. The van der Waals surface area contributed by atoms with Crippen LogP contribution >= 0.6 is 0 Å². The van der Waals surface area contributed by atoms with Gasteiger partial charge in [-0.2, -0.15) is 21.6 Å². The lowest BCUT2D eigenvalue weighted by molar-refractivity contribution is -0.137. The van der Waals surface area contributed by atoms with Crippen molar-refractivity contribution in [3.63, 3.8) is 0 Å². The summed E-state index contributed by atoms with van der Waals surface area (Å²) in [5.41, 5.74) is -0.642. The maximum Gasteiger partial charge on any atom is 0.419 e. The van der Waals surface area contributed by atoms with Gasteiger partial charge in [0.15, 0.2) is 5.78 Å². The number of nitrogens with two attached hydrogens (primary N) is 1. The highest BCUT2D eigenvalue weighted by Gasteiger charge is 2.36. The predicted molar refractivity (Wildman–Crippen MR) is 117 cm³/mol. The van der Waals surface area contributed by atoms with E-state index in [4.69, 9.17) is 9.56 Å². The lowest BCUT2D eigenvalue weighted by Gasteiger charge is -2.17. The molecule has 3 aromatic rings. The smallest absolute Gasteiger partial charge is 0.419 e. The molecule has 0 radical (unpaired) electrons. The Balaban J connectivity index is 1.44. The van der Waals surface area contributed by atoms with Gasteiger partial charge in [-0.1, -0.05) is 0 Å². The van der Waals surface area contributed by atoms with E-state index in [2.05, 4.69) is 19.5 Å². The van der Waals surface area contributed by atoms with Crippen molar-refractivity contribution in [3.8, 4) is 0 Å². The van der Waals surface area contributed by atoms with Crippen LogP contribution in [0.15, 0.2) is 47.7 Å². The summed E-state index contributed by atoms with van der Waals surface area (Å²) in [5.74, 6) is -0.761. The summed E-state index contributed by atoms with van der Waals surface area (Å²) >= 11 is 0. The number of hydrogen-bond donors (Lipinski definition) is 2. The van der Waals surface area contributed by atoms with Crippen LogP contribution in [-0.2, 0) is 27.2 Å². The molecule has 36 heavy (non-hydrogen) atoms. The Labute approximate surface area is 202 Å². The predicted octanol–water partition coefficient (Wildman–Crippen LogP) is 2.92. The number of hydrogen-bond acceptors (Lipinski definition) is 8. The van der Waals surface area contributed by atoms with Gasteiger partial charge < -0.3 is 14.3 Å². The van der Waals surface area contributed by atoms with Crippen LogP contribution in [0.1, 0.15) is 40.1 Å². The first-order valence-corrected chi connectivity index (χ1v) is 12.1. The number of nitrogens with zero attached hydrogens (tertiary/aromatic N) is 3. The molecule has 3 aromatic heterocycles. The van der Waals surface area contributed by atoms with Crippen LogP contribution in [0.25, 0.3) is 0 Å². The zero-order valence-corrected chi connectivity index (χ0v) is 19.3. The second-order valence-corrected chi connectivity index (χ2v) is 9.59. The molecule has 1 aliphatic rings. The minimum Gasteiger partial charge on any atom is -0.467 e. The van der Waals surface area contributed by atoms with E-state index in [-0.39, 0.29) is 48.7 Å². The fourth-order valence-electron chi connectivity index (χ4n) is 3.97. The molecule has 1 fully saturated rings. The summed E-state index contributed by atoms with van der Waals surface area (Å²) in [7, 11) is -4.14. The molecular weight excluding hydrogens is 510 g/mol. The molecule has 15 heteroatoms. The van der Waals surface area contributed by atoms with Gasteiger partial charge in [0.1, 0.15) is 30.3 Å². The third kappa shape index (κ3) is 6.27. The third-order valence-electron chi connectivity index (χ3n) is 5.66. The first-order valence-electron chi connectivity index (χ1n) is 10.6. The Morgan fingerprint density at radius 2 is 2.11 bits per heavy atom. The van der Waals surface area contributed by atoms with E-state index >= 15 is 0 Å². The van der Waals surface area contributed by atoms with Gasteiger partial charge >= 0.3 is 16.5 Å². The van der Waals surface area contributed by atoms with Gasteiger partial charge in [-0.05, 0) is 30.9 Å². The summed E-state index contributed by atoms with van der Waals surface area (Å²) in [6, 6.07) is 1.60. The average molecular weight is 531 g/mol. The van der Waals surface area contributed by atoms with Gasteiger partial charge in [0.2, 0.25) is 0 Å². The first kappa shape index (κ1) is 25.8. The SMILES string of the molecule is NS(=O)(=O)OCC1CC(F)C(Nc2ncncc2C(=O)c2ccn(Cc3cc(C(F)(F)F)co3)c2)C1. The largest absolute Gasteiger partial charge is 0.467 e. The second-order valence-electron chi connectivity index (χ2n) is 8.37. The van der Waals surface area contributed by atoms with Gasteiger partial charge in [0, 0.05) is 24.2 Å². The third-order valence-corrected chi connectivity index (χ3v) is 6.13. The Morgan fingerprint density at radius 3 is 2.81 bits per heavy atom. The molecule has 3 N–H and O–H groups in total. The molecule has 3 heterocycles. The van der Waals surface area contributed by atoms with Crippen molar-refractivity contribution < 1.29 is 39.4 Å². The highest BCUT2D eigenvalue weighted by molar-refractivity contribution is 7.84. The maximum absolute atomic E-state index is 14.6. The number of ketones is 1. The van der Waals surface area contributed by atoms with E-state index in [1.165, 1.54) is 35.6 Å². The molecule has 10 nitrogen and oxygen atoms in total. The molecule has 0 aliphatic heterocycles. The number of aromatic nitrogens is 3. The van der Waals surface area contributed by atoms with Crippen LogP contribution in [0.2, 0.25) is 0 Å². The van der Waals surface area contributed by atoms with Crippen molar-refractivity contribution in [2.75, 3.05) is 11.9 Å². The number of carbonyl (C=O) groups excluding carboxylic acids is 1. The highest BCUT2D eigenvalue weighted by atomic mass is 32.2. The van der Waals surface area contributed by atoms with Crippen molar-refractivity contribution >= 4 is 21.9 Å². The van der Waals surface area contributed by atoms with E-state index in [0.29, 0.717) is 6.26 Å². The van der Waals surface area contributed by atoms with Crippen molar-refractivity contribution in [2.45, 2.75) is 37.8 Å². The van der Waals surface area contributed by atoms with Crippen LogP contribution < -0.4 is 10.5 Å². The van der Waals surface area contributed by atoms with Gasteiger partial charge in [-0.15, -0.1) is 0 Å². The van der Waals surface area contributed by atoms with Crippen LogP contribution in [0.4, 0.5) is 23.4 Å². The van der Waals surface area contributed by atoms with Crippen LogP contribution in [0.3, 0.4) is 0 Å². The zero-order chi connectivity index (χ0) is 26.1. The topological polar surface area (TPSA) is 142 Å². The zero-order valence-electron chi connectivity index (χ0n) is 18.5. The lowest BCUT2D eigenvalue weighted by atomic mass is 10.1. The standard InChI is InChI=1S/C21H21F4N5O5S/c22-17-3-12(9-35-36(26,32)33)4-18(17)29-20-16(6-27-11-28-20)19(31)13-1-2-30(7-13)8-15-5-14(10-34-15)21(23,24)25/h1-2,5-7,10-12,17-18H,3-4,8-9H2,(H2,26,32,33)(H,27,28,29). The molecule has 3 unspecified atom stereocenters. The van der Waals surface area contributed by atoms with E-state index < -0.39 is 46.0 Å². The fourth-order valence-corrected chi connectivity index (χ4v) is 4.35. The molecule has 194 valence electrons. The normalized spacial score (nSPS) is 20.5. The second kappa shape index (κ2) is 9.99. The number of halogens is 4. The van der Waals surface area contributed by atoms with Crippen LogP contribution in [-0.4, -0.2) is 47.6 Å². The monoisotopic (exact) mass is 531 g/mol. The summed E-state index contributed by atoms with van der Waals surface area (Å²) in [4.78, 5) is 21.0. The van der Waals surface area contributed by atoms with Gasteiger partial charge in [0.25, 0.3) is 0 Å². The van der Waals surface area contributed by atoms with E-state index in [1.807, 2.05) is 0 Å². The van der Waals surface area contributed by atoms with Gasteiger partial charge in [0.05, 0.1) is 30.3 Å². The maximum atomic E-state index is 14.6. The molecule has 4 rings (SSSR count). The minimum absolute atomic E-state index is 0.0344. The summed E-state index contributed by atoms with van der Waals surface area (Å²) in [6.45, 7) is -0.298. The van der Waals surface area contributed by atoms with Gasteiger partial charge in [-0.3, -0.25) is 8.98 Å². The van der Waals surface area contributed by atoms with Crippen molar-refractivity contribution in [3.05, 3.63) is 65.8 Å². The summed E-state index contributed by atoms with van der Waals surface area (Å²) in [5, 5.41) is 7.70. The number of rotatable bonds is 9. The summed E-state index contributed by atoms with van der Waals surface area (Å²) < 4.78 is 85.8. The van der Waals surface area contributed by atoms with E-state index in [9.17, 15) is 30.8 Å². The molecule has 1 aliphatic carbocycles.